The number of rotatable bonds is 0. The minimum absolute atomic E-state index is 1.47. The lowest BCUT2D eigenvalue weighted by Crippen LogP contribution is -1.61. The maximum atomic E-state index is 4.08. The molecule has 0 bridgehead atoms. The fraction of sp³-hybridized carbons (Fsp3) is 0. The lowest BCUT2D eigenvalue weighted by atomic mass is 11.0. The molecule has 0 fully saturated rings. The van der Waals surface area contributed by atoms with Crippen molar-refractivity contribution < 1.29 is 4.63 Å². The Morgan fingerprint density at radius 3 is 1.70 bits per heavy atom. The van der Waals surface area contributed by atoms with Gasteiger partial charge < -0.3 is 0 Å². The summed E-state index contributed by atoms with van der Waals surface area (Å²) in [6, 6.07) is 0. The predicted molar refractivity (Wildman–Crippen MR) is 30.7 cm³/mol. The number of hydrogen-bond acceptors (Lipinski definition) is 5. The van der Waals surface area contributed by atoms with Gasteiger partial charge in [0.25, 0.3) is 0 Å². The molecule has 0 aromatic carbocycles. The van der Waals surface area contributed by atoms with Gasteiger partial charge in [0, 0.05) is 0 Å². The molecule has 6 nitrogen and oxygen atoms in total. The molecule has 2 aromatic rings. The van der Waals surface area contributed by atoms with Crippen LogP contribution in [0, 0.1) is 0 Å². The first kappa shape index (κ1) is 6.40. The van der Waals surface area contributed by atoms with E-state index in [1.807, 2.05) is 0 Å². The first-order valence-electron chi connectivity index (χ1n) is 2.51. The van der Waals surface area contributed by atoms with Crippen molar-refractivity contribution in [2.45, 2.75) is 0 Å². The zero-order chi connectivity index (χ0) is 7.07. The second-order valence-corrected chi connectivity index (χ2v) is 1.25. The Bertz CT molecular complexity index is 153. The highest BCUT2D eigenvalue weighted by Crippen LogP contribution is 1.62. The van der Waals surface area contributed by atoms with Crippen LogP contribution in [0.2, 0.25) is 0 Å². The number of hydrogen-bond donors (Lipinski definition) is 1. The molecule has 2 aromatic heterocycles. The average molecular weight is 139 g/mol. The Hall–Kier alpha value is -1.72. The lowest BCUT2D eigenvalue weighted by molar-refractivity contribution is 0.307. The molecule has 0 aliphatic heterocycles. The smallest absolute Gasteiger partial charge is 0.0913 e. The standard InChI is InChI=1S/C2H3N3.C2H2N2O/c2*1-2-4-5-3-1/h1-2H,(H,3,4,5);1-2H. The van der Waals surface area contributed by atoms with Gasteiger partial charge in [-0.3, -0.25) is 0 Å². The highest BCUT2D eigenvalue weighted by Gasteiger charge is 1.61. The maximum absolute atomic E-state index is 4.08. The molecule has 2 rings (SSSR count). The monoisotopic (exact) mass is 139 g/mol. The van der Waals surface area contributed by atoms with E-state index in [4.69, 9.17) is 0 Å². The molecule has 0 amide bonds. The summed E-state index contributed by atoms with van der Waals surface area (Å²) in [6.07, 6.45) is 6.11. The van der Waals surface area contributed by atoms with Crippen molar-refractivity contribution in [3.8, 4) is 0 Å². The van der Waals surface area contributed by atoms with E-state index in [1.165, 1.54) is 12.4 Å². The number of aromatic amines is 1. The van der Waals surface area contributed by atoms with Gasteiger partial charge in [0.05, 0.1) is 24.8 Å². The van der Waals surface area contributed by atoms with Crippen molar-refractivity contribution in [3.63, 3.8) is 0 Å². The van der Waals surface area contributed by atoms with Gasteiger partial charge in [0.15, 0.2) is 0 Å². The van der Waals surface area contributed by atoms with E-state index in [2.05, 4.69) is 30.4 Å². The molecule has 0 saturated carbocycles. The Kier molecular flexibility index (Phi) is 2.68. The van der Waals surface area contributed by atoms with Gasteiger partial charge in [0.1, 0.15) is 0 Å². The summed E-state index contributed by atoms with van der Waals surface area (Å²) in [7, 11) is 0. The van der Waals surface area contributed by atoms with Gasteiger partial charge in [0.2, 0.25) is 0 Å². The van der Waals surface area contributed by atoms with Gasteiger partial charge in [-0.1, -0.05) is 10.3 Å². The maximum Gasteiger partial charge on any atom is 0.0913 e. The van der Waals surface area contributed by atoms with Gasteiger partial charge in [-0.15, -0.1) is 0 Å². The highest BCUT2D eigenvalue weighted by molar-refractivity contribution is 4.54. The van der Waals surface area contributed by atoms with Crippen molar-refractivity contribution in [1.29, 1.82) is 0 Å². The molecule has 0 spiro atoms. The molecule has 52 valence electrons. The van der Waals surface area contributed by atoms with Crippen LogP contribution in [0.25, 0.3) is 0 Å². The fourth-order valence-electron chi connectivity index (χ4n) is 0.303. The second kappa shape index (κ2) is 4.19. The predicted octanol–water partition coefficient (Wildman–Crippen LogP) is -0.126. The molecule has 0 atom stereocenters. The summed E-state index contributed by atoms with van der Waals surface area (Å²) in [4.78, 5) is 0. The molecule has 0 aliphatic rings. The van der Waals surface area contributed by atoms with E-state index >= 15 is 0 Å². The second-order valence-electron chi connectivity index (χ2n) is 1.25. The van der Waals surface area contributed by atoms with Crippen LogP contribution in [0.5, 0.6) is 0 Å². The van der Waals surface area contributed by atoms with E-state index < -0.39 is 0 Å². The van der Waals surface area contributed by atoms with Gasteiger partial charge in [-0.05, 0) is 0 Å². The Balaban J connectivity index is 0.0000001000. The lowest BCUT2D eigenvalue weighted by Gasteiger charge is -1.48. The summed E-state index contributed by atoms with van der Waals surface area (Å²) >= 11 is 0. The van der Waals surface area contributed by atoms with E-state index in [0.717, 1.165) is 0 Å². The number of nitrogens with zero attached hydrogens (tertiary/aromatic N) is 4. The fourth-order valence-corrected chi connectivity index (χ4v) is 0.303. The molecule has 0 aliphatic carbocycles. The third kappa shape index (κ3) is 2.55. The van der Waals surface area contributed by atoms with E-state index in [1.54, 1.807) is 12.4 Å². The van der Waals surface area contributed by atoms with Crippen molar-refractivity contribution in [1.82, 2.24) is 25.7 Å². The van der Waals surface area contributed by atoms with Crippen LogP contribution in [0.1, 0.15) is 0 Å². The Morgan fingerprint density at radius 2 is 1.50 bits per heavy atom. The van der Waals surface area contributed by atoms with Crippen LogP contribution in [0.15, 0.2) is 29.4 Å². The third-order valence-corrected chi connectivity index (χ3v) is 0.614. The minimum Gasteiger partial charge on any atom is -0.245 e. The molecular formula is C4H5N5O. The summed E-state index contributed by atoms with van der Waals surface area (Å²) < 4.78 is 4.08. The molecular weight excluding hydrogens is 134 g/mol. The normalized spacial score (nSPS) is 8.00. The molecule has 10 heavy (non-hydrogen) atoms. The van der Waals surface area contributed by atoms with Crippen molar-refractivity contribution in [2.24, 2.45) is 0 Å². The van der Waals surface area contributed by atoms with Crippen LogP contribution in [-0.4, -0.2) is 25.7 Å². The van der Waals surface area contributed by atoms with Crippen LogP contribution in [-0.2, 0) is 0 Å². The summed E-state index contributed by atoms with van der Waals surface area (Å²) in [5.74, 6) is 0. The zero-order valence-electron chi connectivity index (χ0n) is 5.01. The first-order chi connectivity index (χ1) is 5.00. The third-order valence-electron chi connectivity index (χ3n) is 0.614. The van der Waals surface area contributed by atoms with Gasteiger partial charge >= 0.3 is 0 Å². The van der Waals surface area contributed by atoms with Crippen LogP contribution < -0.4 is 0 Å². The topological polar surface area (TPSA) is 80.5 Å². The summed E-state index contributed by atoms with van der Waals surface area (Å²) in [5, 5.41) is 15.8. The van der Waals surface area contributed by atoms with Gasteiger partial charge in [-0.2, -0.15) is 15.4 Å². The van der Waals surface area contributed by atoms with Crippen molar-refractivity contribution >= 4 is 0 Å². The van der Waals surface area contributed by atoms with E-state index in [0.29, 0.717) is 0 Å². The quantitative estimate of drug-likeness (QED) is 0.550. The minimum atomic E-state index is 1.47. The molecule has 1 N–H and O–H groups in total. The zero-order valence-corrected chi connectivity index (χ0v) is 5.01. The average Bonchev–Trinajstić information content (AvgIpc) is 2.67. The number of nitrogens with one attached hydrogen (secondary N) is 1. The van der Waals surface area contributed by atoms with Crippen molar-refractivity contribution in [3.05, 3.63) is 24.8 Å². The van der Waals surface area contributed by atoms with Crippen molar-refractivity contribution in [2.75, 3.05) is 0 Å². The summed E-state index contributed by atoms with van der Waals surface area (Å²) in [6.45, 7) is 0. The number of H-pyrrole nitrogens is 1. The van der Waals surface area contributed by atoms with E-state index in [-0.39, 0.29) is 0 Å². The molecule has 0 radical (unpaired) electrons. The molecule has 2 heterocycles. The molecule has 0 saturated heterocycles. The first-order valence-corrected chi connectivity index (χ1v) is 2.51. The Labute approximate surface area is 56.2 Å². The van der Waals surface area contributed by atoms with Crippen LogP contribution in [0.3, 0.4) is 0 Å². The van der Waals surface area contributed by atoms with Gasteiger partial charge in [-0.25, -0.2) is 4.63 Å². The SMILES string of the molecule is c1cn[nH]n1.c1cnon1. The molecule has 6 heteroatoms. The van der Waals surface area contributed by atoms with Crippen LogP contribution >= 0.6 is 0 Å². The largest absolute Gasteiger partial charge is 0.245 e. The Morgan fingerprint density at radius 1 is 0.900 bits per heavy atom. The molecule has 0 unspecified atom stereocenters. The summed E-state index contributed by atoms with van der Waals surface area (Å²) in [5.41, 5.74) is 0. The van der Waals surface area contributed by atoms with E-state index in [9.17, 15) is 0 Å². The number of aromatic nitrogens is 5. The van der Waals surface area contributed by atoms with Crippen LogP contribution in [0.4, 0.5) is 0 Å². The highest BCUT2D eigenvalue weighted by atomic mass is 16.6.